The molecular formula is C26H26FN3O4. The molecule has 2 amide bonds. The van der Waals surface area contributed by atoms with Crippen LogP contribution < -0.4 is 20.2 Å². The minimum absolute atomic E-state index is 0.0761. The van der Waals surface area contributed by atoms with E-state index in [0.717, 1.165) is 5.56 Å². The van der Waals surface area contributed by atoms with Crippen LogP contribution in [-0.2, 0) is 16.2 Å². The standard InChI is InChI=1S/C26H26FN3O4/c1-2-33-24-16-20(12-13-23(24)34-18-19-8-4-3-5-9-19)17-28-30-26(32)15-14-25(31)29-22-11-7-6-10-21(22)27/h3-13,16-17H,2,14-15,18H2,1H3,(H,29,31)(H,30,32). The minimum Gasteiger partial charge on any atom is -0.490 e. The van der Waals surface area contributed by atoms with Gasteiger partial charge in [0.25, 0.3) is 0 Å². The molecule has 7 nitrogen and oxygen atoms in total. The number of hydrogen-bond donors (Lipinski definition) is 2. The largest absolute Gasteiger partial charge is 0.490 e. The minimum atomic E-state index is -0.534. The van der Waals surface area contributed by atoms with E-state index >= 15 is 0 Å². The predicted octanol–water partition coefficient (Wildman–Crippen LogP) is 4.67. The van der Waals surface area contributed by atoms with Gasteiger partial charge < -0.3 is 14.8 Å². The number of nitrogens with zero attached hydrogens (tertiary/aromatic N) is 1. The average Bonchev–Trinajstić information content (AvgIpc) is 2.84. The van der Waals surface area contributed by atoms with E-state index < -0.39 is 17.6 Å². The zero-order chi connectivity index (χ0) is 24.2. The smallest absolute Gasteiger partial charge is 0.240 e. The van der Waals surface area contributed by atoms with Crippen molar-refractivity contribution in [2.24, 2.45) is 5.10 Å². The number of benzene rings is 3. The van der Waals surface area contributed by atoms with Crippen LogP contribution >= 0.6 is 0 Å². The van der Waals surface area contributed by atoms with Gasteiger partial charge in [-0.25, -0.2) is 9.82 Å². The molecule has 0 heterocycles. The number of carbonyl (C=O) groups is 2. The first-order valence-corrected chi connectivity index (χ1v) is 10.8. The summed E-state index contributed by atoms with van der Waals surface area (Å²) in [5, 5.41) is 6.36. The lowest BCUT2D eigenvalue weighted by Crippen LogP contribution is -2.21. The topological polar surface area (TPSA) is 89.0 Å². The molecule has 34 heavy (non-hydrogen) atoms. The number of para-hydroxylation sites is 1. The van der Waals surface area contributed by atoms with E-state index in [2.05, 4.69) is 15.8 Å². The Morgan fingerprint density at radius 3 is 2.41 bits per heavy atom. The summed E-state index contributed by atoms with van der Waals surface area (Å²) in [6.07, 6.45) is 1.28. The molecule has 0 fully saturated rings. The number of halogens is 1. The number of hydrazone groups is 1. The summed E-state index contributed by atoms with van der Waals surface area (Å²) < 4.78 is 25.1. The molecule has 0 unspecified atom stereocenters. The van der Waals surface area contributed by atoms with Gasteiger partial charge in [0.05, 0.1) is 18.5 Å². The SMILES string of the molecule is CCOc1cc(C=NNC(=O)CCC(=O)Nc2ccccc2F)ccc1OCc1ccccc1. The molecule has 176 valence electrons. The molecule has 0 bridgehead atoms. The van der Waals surface area contributed by atoms with Crippen LogP contribution in [-0.4, -0.2) is 24.6 Å². The monoisotopic (exact) mass is 463 g/mol. The zero-order valence-electron chi connectivity index (χ0n) is 18.8. The summed E-state index contributed by atoms with van der Waals surface area (Å²) in [5.41, 5.74) is 4.20. The second-order valence-corrected chi connectivity index (χ2v) is 7.23. The van der Waals surface area contributed by atoms with E-state index in [4.69, 9.17) is 9.47 Å². The van der Waals surface area contributed by atoms with Crippen LogP contribution in [0, 0.1) is 5.82 Å². The Morgan fingerprint density at radius 2 is 1.65 bits per heavy atom. The van der Waals surface area contributed by atoms with Gasteiger partial charge in [-0.15, -0.1) is 0 Å². The van der Waals surface area contributed by atoms with Gasteiger partial charge in [-0.05, 0) is 48.4 Å². The predicted molar refractivity (Wildman–Crippen MR) is 128 cm³/mol. The Labute approximate surface area is 197 Å². The van der Waals surface area contributed by atoms with Crippen molar-refractivity contribution in [2.45, 2.75) is 26.4 Å². The molecule has 0 aliphatic rings. The van der Waals surface area contributed by atoms with Gasteiger partial charge in [-0.2, -0.15) is 5.10 Å². The number of anilines is 1. The Hall–Kier alpha value is -4.20. The van der Waals surface area contributed by atoms with E-state index in [0.29, 0.717) is 30.3 Å². The lowest BCUT2D eigenvalue weighted by atomic mass is 10.2. The maximum atomic E-state index is 13.6. The third kappa shape index (κ3) is 7.74. The number of hydrogen-bond acceptors (Lipinski definition) is 5. The molecule has 0 atom stereocenters. The summed E-state index contributed by atoms with van der Waals surface area (Å²) in [6.45, 7) is 2.76. The van der Waals surface area contributed by atoms with Crippen molar-refractivity contribution in [2.75, 3.05) is 11.9 Å². The second kappa shape index (κ2) is 12.7. The summed E-state index contributed by atoms with van der Waals surface area (Å²) in [6, 6.07) is 21.0. The first-order valence-electron chi connectivity index (χ1n) is 10.8. The van der Waals surface area contributed by atoms with E-state index in [1.807, 2.05) is 37.3 Å². The third-order valence-electron chi connectivity index (χ3n) is 4.63. The van der Waals surface area contributed by atoms with Gasteiger partial charge in [0.1, 0.15) is 12.4 Å². The summed E-state index contributed by atoms with van der Waals surface area (Å²) in [7, 11) is 0. The summed E-state index contributed by atoms with van der Waals surface area (Å²) in [4.78, 5) is 23.9. The molecule has 0 saturated heterocycles. The molecule has 3 rings (SSSR count). The van der Waals surface area contributed by atoms with Crippen molar-refractivity contribution < 1.29 is 23.5 Å². The molecule has 0 saturated carbocycles. The van der Waals surface area contributed by atoms with Gasteiger partial charge in [0.15, 0.2) is 11.5 Å². The number of ether oxygens (including phenoxy) is 2. The molecule has 0 spiro atoms. The quantitative estimate of drug-likeness (QED) is 0.319. The maximum absolute atomic E-state index is 13.6. The molecular weight excluding hydrogens is 437 g/mol. The highest BCUT2D eigenvalue weighted by Gasteiger charge is 2.09. The van der Waals surface area contributed by atoms with Crippen LogP contribution in [0.5, 0.6) is 11.5 Å². The van der Waals surface area contributed by atoms with E-state index in [1.54, 1.807) is 24.3 Å². The summed E-state index contributed by atoms with van der Waals surface area (Å²) >= 11 is 0. The van der Waals surface area contributed by atoms with Crippen molar-refractivity contribution in [3.05, 3.63) is 89.7 Å². The van der Waals surface area contributed by atoms with Crippen LogP contribution in [0.1, 0.15) is 30.9 Å². The van der Waals surface area contributed by atoms with Crippen molar-refractivity contribution in [1.29, 1.82) is 0 Å². The first kappa shape index (κ1) is 24.4. The molecule has 0 aliphatic carbocycles. The van der Waals surface area contributed by atoms with Crippen LogP contribution in [0.4, 0.5) is 10.1 Å². The van der Waals surface area contributed by atoms with Gasteiger partial charge in [0.2, 0.25) is 11.8 Å². The fraction of sp³-hybridized carbons (Fsp3) is 0.192. The van der Waals surface area contributed by atoms with Gasteiger partial charge in [-0.3, -0.25) is 9.59 Å². The van der Waals surface area contributed by atoms with Crippen molar-refractivity contribution >= 4 is 23.7 Å². The second-order valence-electron chi connectivity index (χ2n) is 7.23. The van der Waals surface area contributed by atoms with Gasteiger partial charge in [-0.1, -0.05) is 42.5 Å². The molecule has 0 aromatic heterocycles. The number of nitrogens with one attached hydrogen (secondary N) is 2. The van der Waals surface area contributed by atoms with E-state index in [1.165, 1.54) is 24.4 Å². The van der Waals surface area contributed by atoms with E-state index in [-0.39, 0.29) is 18.5 Å². The van der Waals surface area contributed by atoms with Crippen molar-refractivity contribution in [3.8, 4) is 11.5 Å². The summed E-state index contributed by atoms with van der Waals surface area (Å²) in [5.74, 6) is -0.261. The maximum Gasteiger partial charge on any atom is 0.240 e. The lowest BCUT2D eigenvalue weighted by Gasteiger charge is -2.12. The number of rotatable bonds is 11. The molecule has 3 aromatic carbocycles. The van der Waals surface area contributed by atoms with Crippen LogP contribution in [0.15, 0.2) is 77.9 Å². The van der Waals surface area contributed by atoms with Crippen LogP contribution in [0.25, 0.3) is 0 Å². The Bertz CT molecular complexity index is 1140. The molecule has 0 radical (unpaired) electrons. The Morgan fingerprint density at radius 1 is 0.912 bits per heavy atom. The third-order valence-corrected chi connectivity index (χ3v) is 4.63. The zero-order valence-corrected chi connectivity index (χ0v) is 18.8. The molecule has 2 N–H and O–H groups in total. The van der Waals surface area contributed by atoms with Gasteiger partial charge in [0, 0.05) is 12.8 Å². The first-order chi connectivity index (χ1) is 16.5. The van der Waals surface area contributed by atoms with Crippen LogP contribution in [0.2, 0.25) is 0 Å². The van der Waals surface area contributed by atoms with Crippen molar-refractivity contribution in [1.82, 2.24) is 5.43 Å². The van der Waals surface area contributed by atoms with Gasteiger partial charge >= 0.3 is 0 Å². The van der Waals surface area contributed by atoms with E-state index in [9.17, 15) is 14.0 Å². The number of amides is 2. The fourth-order valence-electron chi connectivity index (χ4n) is 2.96. The number of carbonyl (C=O) groups excluding carboxylic acids is 2. The normalized spacial score (nSPS) is 10.6. The Balaban J connectivity index is 1.49. The highest BCUT2D eigenvalue weighted by atomic mass is 19.1. The lowest BCUT2D eigenvalue weighted by molar-refractivity contribution is -0.124. The molecule has 0 aliphatic heterocycles. The van der Waals surface area contributed by atoms with Crippen molar-refractivity contribution in [3.63, 3.8) is 0 Å². The average molecular weight is 464 g/mol. The molecule has 3 aromatic rings. The highest BCUT2D eigenvalue weighted by molar-refractivity contribution is 5.93. The van der Waals surface area contributed by atoms with Crippen LogP contribution in [0.3, 0.4) is 0 Å². The highest BCUT2D eigenvalue weighted by Crippen LogP contribution is 2.29. The molecule has 8 heteroatoms. The fourth-order valence-corrected chi connectivity index (χ4v) is 2.96. The Kier molecular flexibility index (Phi) is 9.16.